The fourth-order valence-corrected chi connectivity index (χ4v) is 6.92. The first-order chi connectivity index (χ1) is 22.1. The number of hydrogen-bond donors (Lipinski definition) is 2. The second kappa shape index (κ2) is 13.7. The third-order valence-electron chi connectivity index (χ3n) is 9.32. The van der Waals surface area contributed by atoms with Crippen LogP contribution in [0.2, 0.25) is 0 Å². The number of aliphatic hydroxyl groups excluding tert-OH is 1. The van der Waals surface area contributed by atoms with Crippen LogP contribution in [0.15, 0.2) is 79.0 Å². The van der Waals surface area contributed by atoms with Crippen molar-refractivity contribution >= 4 is 22.6 Å². The average molecular weight is 608 g/mol. The van der Waals surface area contributed by atoms with Crippen LogP contribution in [-0.4, -0.2) is 75.7 Å². The smallest absolute Gasteiger partial charge is 0.275 e. The number of rotatable bonds is 9. The Morgan fingerprint density at radius 1 is 0.889 bits per heavy atom. The maximum absolute atomic E-state index is 13.1. The van der Waals surface area contributed by atoms with E-state index in [2.05, 4.69) is 25.1 Å². The molecule has 9 nitrogen and oxygen atoms in total. The summed E-state index contributed by atoms with van der Waals surface area (Å²) >= 11 is 0. The first-order valence-corrected chi connectivity index (χ1v) is 16.2. The maximum atomic E-state index is 13.1. The topological polar surface area (TPSA) is 100 Å². The van der Waals surface area contributed by atoms with Gasteiger partial charge in [0.05, 0.1) is 36.0 Å². The van der Waals surface area contributed by atoms with Crippen LogP contribution in [0.1, 0.15) is 71.7 Å². The van der Waals surface area contributed by atoms with Crippen LogP contribution >= 0.6 is 0 Å². The van der Waals surface area contributed by atoms with Crippen molar-refractivity contribution in [2.45, 2.75) is 63.3 Å². The fraction of sp³-hybridized carbons (Fsp3) is 0.417. The molecule has 7 rings (SSSR count). The molecule has 1 aromatic heterocycles. The van der Waals surface area contributed by atoms with Gasteiger partial charge in [0, 0.05) is 36.8 Å². The van der Waals surface area contributed by atoms with E-state index in [9.17, 15) is 9.90 Å². The lowest BCUT2D eigenvalue weighted by atomic mass is 9.99. The standard InChI is InChI=1S/C36H41N5O4/c42-24-25-12-14-26(15-13-25)34-20-30(23-41-18-6-9-29(41)22-40-16-3-4-17-40)44-36(45-34)27-7-5-8-28(19-27)38-35(43)33-21-37-31-10-1-2-11-32(31)39-33/h1-2,5,7-8,10-15,19,21,29-30,34,36,42H,3-4,6,9,16-18,20,22-24H2,(H,38,43)/t29-,30+,34-,36-/m0/s1. The van der Waals surface area contributed by atoms with Crippen molar-refractivity contribution in [1.29, 1.82) is 0 Å². The van der Waals surface area contributed by atoms with Crippen molar-refractivity contribution in [2.24, 2.45) is 0 Å². The summed E-state index contributed by atoms with van der Waals surface area (Å²) in [7, 11) is 0. The zero-order valence-corrected chi connectivity index (χ0v) is 25.6. The summed E-state index contributed by atoms with van der Waals surface area (Å²) in [5.74, 6) is -0.325. The molecule has 9 heteroatoms. The molecule has 0 unspecified atom stereocenters. The maximum Gasteiger partial charge on any atom is 0.275 e. The van der Waals surface area contributed by atoms with E-state index in [1.807, 2.05) is 72.8 Å². The molecular weight excluding hydrogens is 566 g/mol. The van der Waals surface area contributed by atoms with E-state index in [0.29, 0.717) is 17.2 Å². The van der Waals surface area contributed by atoms with Gasteiger partial charge in [0.25, 0.3) is 5.91 Å². The van der Waals surface area contributed by atoms with Crippen LogP contribution in [0.4, 0.5) is 5.69 Å². The lowest BCUT2D eigenvalue weighted by Crippen LogP contribution is -2.45. The zero-order chi connectivity index (χ0) is 30.6. The molecular formula is C36H41N5O4. The number of amides is 1. The molecule has 4 atom stereocenters. The van der Waals surface area contributed by atoms with Crippen molar-refractivity contribution in [3.8, 4) is 0 Å². The highest BCUT2D eigenvalue weighted by molar-refractivity contribution is 6.03. The molecule has 4 aromatic rings. The molecule has 3 aliphatic rings. The molecule has 0 spiro atoms. The summed E-state index contributed by atoms with van der Waals surface area (Å²) in [6, 6.07) is 23.7. The number of hydrogen-bond acceptors (Lipinski definition) is 8. The number of benzene rings is 3. The van der Waals surface area contributed by atoms with E-state index in [1.54, 1.807) is 0 Å². The summed E-state index contributed by atoms with van der Waals surface area (Å²) in [5.41, 5.74) is 5.09. The van der Waals surface area contributed by atoms with Gasteiger partial charge in [0.15, 0.2) is 6.29 Å². The van der Waals surface area contributed by atoms with Crippen molar-refractivity contribution in [2.75, 3.05) is 38.0 Å². The Morgan fingerprint density at radius 3 is 2.53 bits per heavy atom. The van der Waals surface area contributed by atoms with E-state index in [1.165, 1.54) is 45.0 Å². The molecule has 3 aliphatic heterocycles. The number of aromatic nitrogens is 2. The van der Waals surface area contributed by atoms with E-state index in [0.717, 1.165) is 48.3 Å². The first kappa shape index (κ1) is 30.0. The average Bonchev–Trinajstić information content (AvgIpc) is 3.77. The monoisotopic (exact) mass is 607 g/mol. The molecule has 3 fully saturated rings. The first-order valence-electron chi connectivity index (χ1n) is 16.2. The minimum Gasteiger partial charge on any atom is -0.392 e. The van der Waals surface area contributed by atoms with E-state index in [4.69, 9.17) is 9.47 Å². The molecule has 3 saturated heterocycles. The number of carbonyl (C=O) groups excluding carboxylic acids is 1. The Balaban J connectivity index is 1.09. The number of fused-ring (bicyclic) bond motifs is 1. The Bertz CT molecular complexity index is 1610. The van der Waals surface area contributed by atoms with Gasteiger partial charge in [-0.2, -0.15) is 0 Å². The lowest BCUT2D eigenvalue weighted by Gasteiger charge is -2.39. The number of likely N-dealkylation sites (tertiary alicyclic amines) is 2. The quantitative estimate of drug-likeness (QED) is 0.258. The second-order valence-electron chi connectivity index (χ2n) is 12.5. The zero-order valence-electron chi connectivity index (χ0n) is 25.6. The predicted molar refractivity (Wildman–Crippen MR) is 173 cm³/mol. The number of para-hydroxylation sites is 2. The van der Waals surface area contributed by atoms with Gasteiger partial charge in [-0.25, -0.2) is 4.98 Å². The number of ether oxygens (including phenoxy) is 2. The molecule has 0 radical (unpaired) electrons. The molecule has 234 valence electrons. The van der Waals surface area contributed by atoms with Crippen molar-refractivity contribution in [1.82, 2.24) is 19.8 Å². The van der Waals surface area contributed by atoms with Crippen LogP contribution in [0, 0.1) is 0 Å². The molecule has 4 heterocycles. The molecule has 0 saturated carbocycles. The predicted octanol–water partition coefficient (Wildman–Crippen LogP) is 5.48. The second-order valence-corrected chi connectivity index (χ2v) is 12.5. The highest BCUT2D eigenvalue weighted by Gasteiger charge is 2.36. The Morgan fingerprint density at radius 2 is 1.71 bits per heavy atom. The number of nitrogens with one attached hydrogen (secondary N) is 1. The highest BCUT2D eigenvalue weighted by Crippen LogP contribution is 2.39. The van der Waals surface area contributed by atoms with Gasteiger partial charge in [0.2, 0.25) is 0 Å². The summed E-state index contributed by atoms with van der Waals surface area (Å²) in [4.78, 5) is 27.2. The van der Waals surface area contributed by atoms with Gasteiger partial charge in [-0.3, -0.25) is 14.7 Å². The van der Waals surface area contributed by atoms with Crippen molar-refractivity contribution in [3.05, 3.63) is 101 Å². The van der Waals surface area contributed by atoms with Crippen LogP contribution in [0.3, 0.4) is 0 Å². The SMILES string of the molecule is O=C(Nc1cccc([C@H]2O[C@@H](CN3CCC[C@H]3CN3CCCC3)C[C@@H](c3ccc(CO)cc3)O2)c1)c1cnc2ccccc2n1. The Kier molecular flexibility index (Phi) is 9.13. The highest BCUT2D eigenvalue weighted by atomic mass is 16.7. The fourth-order valence-electron chi connectivity index (χ4n) is 6.92. The molecule has 1 amide bonds. The van der Waals surface area contributed by atoms with E-state index in [-0.39, 0.29) is 30.4 Å². The van der Waals surface area contributed by atoms with Gasteiger partial charge in [-0.05, 0) is 80.7 Å². The summed E-state index contributed by atoms with van der Waals surface area (Å²) in [6.45, 7) is 5.54. The van der Waals surface area contributed by atoms with Crippen LogP contribution in [0.25, 0.3) is 11.0 Å². The number of nitrogens with zero attached hydrogens (tertiary/aromatic N) is 4. The van der Waals surface area contributed by atoms with Crippen molar-refractivity contribution < 1.29 is 19.4 Å². The van der Waals surface area contributed by atoms with Crippen LogP contribution in [0.5, 0.6) is 0 Å². The van der Waals surface area contributed by atoms with Gasteiger partial charge in [-0.15, -0.1) is 0 Å². The molecule has 0 bridgehead atoms. The summed E-state index contributed by atoms with van der Waals surface area (Å²) in [5, 5.41) is 12.5. The van der Waals surface area contributed by atoms with E-state index < -0.39 is 6.29 Å². The number of carbonyl (C=O) groups is 1. The largest absolute Gasteiger partial charge is 0.392 e. The number of anilines is 1. The van der Waals surface area contributed by atoms with Gasteiger partial charge in [-0.1, -0.05) is 48.5 Å². The Hall–Kier alpha value is -3.73. The van der Waals surface area contributed by atoms with Crippen molar-refractivity contribution in [3.63, 3.8) is 0 Å². The molecule has 0 aliphatic carbocycles. The van der Waals surface area contributed by atoms with Crippen LogP contribution < -0.4 is 5.32 Å². The minimum absolute atomic E-state index is 0.0107. The normalized spacial score (nSPS) is 24.3. The molecule has 45 heavy (non-hydrogen) atoms. The summed E-state index contributed by atoms with van der Waals surface area (Å²) < 4.78 is 13.3. The van der Waals surface area contributed by atoms with Crippen LogP contribution in [-0.2, 0) is 16.1 Å². The summed E-state index contributed by atoms with van der Waals surface area (Å²) in [6.07, 6.45) is 6.55. The van der Waals surface area contributed by atoms with Gasteiger partial charge >= 0.3 is 0 Å². The third-order valence-corrected chi connectivity index (χ3v) is 9.32. The van der Waals surface area contributed by atoms with Gasteiger partial charge < -0.3 is 24.8 Å². The third kappa shape index (κ3) is 7.08. The Labute approximate surface area is 264 Å². The minimum atomic E-state index is -0.594. The van der Waals surface area contributed by atoms with E-state index >= 15 is 0 Å². The number of aliphatic hydroxyl groups is 1. The molecule has 3 aromatic carbocycles. The molecule has 2 N–H and O–H groups in total. The lowest BCUT2D eigenvalue weighted by molar-refractivity contribution is -0.253. The van der Waals surface area contributed by atoms with Gasteiger partial charge in [0.1, 0.15) is 5.69 Å².